The van der Waals surface area contributed by atoms with E-state index in [1.165, 1.54) is 6.42 Å². The molecule has 2 rings (SSSR count). The lowest BCUT2D eigenvalue weighted by atomic mass is 9.94. The Bertz CT molecular complexity index is 477. The Hall–Kier alpha value is -1.07. The Morgan fingerprint density at radius 3 is 3.05 bits per heavy atom. The topological polar surface area (TPSA) is 55.6 Å². The molecule has 0 saturated carbocycles. The van der Waals surface area contributed by atoms with Crippen LogP contribution in [-0.4, -0.2) is 37.6 Å². The van der Waals surface area contributed by atoms with Crippen LogP contribution in [0.3, 0.4) is 0 Å². The van der Waals surface area contributed by atoms with Crippen molar-refractivity contribution >= 4 is 21.8 Å². The Morgan fingerprint density at radius 2 is 2.35 bits per heavy atom. The third kappa shape index (κ3) is 3.52. The Kier molecular flexibility index (Phi) is 5.43. The summed E-state index contributed by atoms with van der Waals surface area (Å²) < 4.78 is 6.22. The molecule has 0 aromatic heterocycles. The molecule has 5 heteroatoms. The highest BCUT2D eigenvalue weighted by Crippen LogP contribution is 2.27. The number of carbonyl (C=O) groups excluding carboxylic acids is 1. The number of hydrogen-bond donors (Lipinski definition) is 1. The molecule has 1 atom stereocenters. The second-order valence-corrected chi connectivity index (χ2v) is 6.10. The first-order chi connectivity index (χ1) is 9.65. The molecule has 0 spiro atoms. The number of nitrogens with zero attached hydrogens (tertiary/aromatic N) is 1. The van der Waals surface area contributed by atoms with Crippen molar-refractivity contribution < 1.29 is 9.53 Å². The monoisotopic (exact) mass is 340 g/mol. The zero-order valence-corrected chi connectivity index (χ0v) is 13.4. The van der Waals surface area contributed by atoms with E-state index >= 15 is 0 Å². The molecule has 1 aromatic carbocycles. The minimum absolute atomic E-state index is 0.0519. The van der Waals surface area contributed by atoms with Gasteiger partial charge >= 0.3 is 0 Å². The normalized spacial score (nSPS) is 18.9. The van der Waals surface area contributed by atoms with Crippen molar-refractivity contribution in [1.29, 1.82) is 0 Å². The van der Waals surface area contributed by atoms with Crippen LogP contribution in [0.15, 0.2) is 22.7 Å². The first-order valence-corrected chi connectivity index (χ1v) is 7.78. The van der Waals surface area contributed by atoms with Crippen LogP contribution in [0.5, 0.6) is 5.75 Å². The van der Waals surface area contributed by atoms with E-state index in [0.717, 1.165) is 30.4 Å². The summed E-state index contributed by atoms with van der Waals surface area (Å²) in [5.74, 6) is 1.19. The summed E-state index contributed by atoms with van der Waals surface area (Å²) in [5.41, 5.74) is 6.25. The summed E-state index contributed by atoms with van der Waals surface area (Å²) in [4.78, 5) is 14.6. The molecule has 1 aliphatic rings. The average Bonchev–Trinajstić information content (AvgIpc) is 2.47. The number of piperidine rings is 1. The van der Waals surface area contributed by atoms with Crippen molar-refractivity contribution in [1.82, 2.24) is 4.90 Å². The van der Waals surface area contributed by atoms with Crippen molar-refractivity contribution in [3.8, 4) is 5.75 Å². The van der Waals surface area contributed by atoms with Crippen LogP contribution in [0.25, 0.3) is 0 Å². The van der Waals surface area contributed by atoms with E-state index < -0.39 is 0 Å². The summed E-state index contributed by atoms with van der Waals surface area (Å²) in [6.45, 7) is 2.31. The molecule has 0 aliphatic carbocycles. The molecular weight excluding hydrogens is 320 g/mol. The fraction of sp³-hybridized carbons (Fsp3) is 0.533. The number of rotatable bonds is 4. The standard InChI is InChI=1S/C15H21BrN2O2/c1-20-14-9-12(16)4-5-13(14)15(19)18-8-2-3-11(10-18)6-7-17/h4-5,9,11H,2-3,6-8,10,17H2,1H3. The summed E-state index contributed by atoms with van der Waals surface area (Å²) in [5, 5.41) is 0. The van der Waals surface area contributed by atoms with Gasteiger partial charge in [-0.1, -0.05) is 15.9 Å². The van der Waals surface area contributed by atoms with Crippen molar-refractivity contribution in [3.05, 3.63) is 28.2 Å². The van der Waals surface area contributed by atoms with Gasteiger partial charge in [0, 0.05) is 17.6 Å². The fourth-order valence-corrected chi connectivity index (χ4v) is 3.07. The van der Waals surface area contributed by atoms with Crippen LogP contribution < -0.4 is 10.5 Å². The van der Waals surface area contributed by atoms with Gasteiger partial charge in [-0.25, -0.2) is 0 Å². The average molecular weight is 341 g/mol. The van der Waals surface area contributed by atoms with Crippen molar-refractivity contribution in [2.75, 3.05) is 26.7 Å². The van der Waals surface area contributed by atoms with Gasteiger partial charge in [0.05, 0.1) is 12.7 Å². The molecule has 1 heterocycles. The number of methoxy groups -OCH3 is 1. The molecule has 1 aromatic rings. The van der Waals surface area contributed by atoms with E-state index in [1.807, 2.05) is 23.1 Å². The second kappa shape index (κ2) is 7.09. The van der Waals surface area contributed by atoms with Crippen molar-refractivity contribution in [2.24, 2.45) is 11.7 Å². The summed E-state index contributed by atoms with van der Waals surface area (Å²) in [6.07, 6.45) is 3.20. The molecule has 0 bridgehead atoms. The van der Waals surface area contributed by atoms with E-state index in [2.05, 4.69) is 15.9 Å². The Labute approximate surface area is 128 Å². The molecule has 1 saturated heterocycles. The van der Waals surface area contributed by atoms with Crippen molar-refractivity contribution in [3.63, 3.8) is 0 Å². The quantitative estimate of drug-likeness (QED) is 0.916. The molecule has 1 amide bonds. The maximum absolute atomic E-state index is 12.6. The molecule has 1 fully saturated rings. The number of carbonyl (C=O) groups is 1. The molecule has 1 unspecified atom stereocenters. The van der Waals surface area contributed by atoms with Gasteiger partial charge in [0.1, 0.15) is 5.75 Å². The summed E-state index contributed by atoms with van der Waals surface area (Å²) >= 11 is 3.39. The van der Waals surface area contributed by atoms with Gasteiger partial charge in [0.15, 0.2) is 0 Å². The highest BCUT2D eigenvalue weighted by molar-refractivity contribution is 9.10. The van der Waals surface area contributed by atoms with E-state index in [0.29, 0.717) is 23.8 Å². The van der Waals surface area contributed by atoms with Gasteiger partial charge in [-0.05, 0) is 49.9 Å². The highest BCUT2D eigenvalue weighted by atomic mass is 79.9. The van der Waals surface area contributed by atoms with Gasteiger partial charge in [-0.2, -0.15) is 0 Å². The van der Waals surface area contributed by atoms with E-state index in [9.17, 15) is 4.79 Å². The van der Waals surface area contributed by atoms with Gasteiger partial charge in [0.25, 0.3) is 5.91 Å². The smallest absolute Gasteiger partial charge is 0.257 e. The molecule has 1 aliphatic heterocycles. The zero-order valence-electron chi connectivity index (χ0n) is 11.8. The van der Waals surface area contributed by atoms with Crippen molar-refractivity contribution in [2.45, 2.75) is 19.3 Å². The van der Waals surface area contributed by atoms with Crippen LogP contribution in [0.1, 0.15) is 29.6 Å². The molecule has 110 valence electrons. The van der Waals surface area contributed by atoms with Gasteiger partial charge in [-0.15, -0.1) is 0 Å². The minimum atomic E-state index is 0.0519. The minimum Gasteiger partial charge on any atom is -0.496 e. The van der Waals surface area contributed by atoms with E-state index in [-0.39, 0.29) is 5.91 Å². The third-order valence-electron chi connectivity index (χ3n) is 3.78. The lowest BCUT2D eigenvalue weighted by molar-refractivity contribution is 0.0666. The number of hydrogen-bond acceptors (Lipinski definition) is 3. The molecular formula is C15H21BrN2O2. The highest BCUT2D eigenvalue weighted by Gasteiger charge is 2.25. The fourth-order valence-electron chi connectivity index (χ4n) is 2.73. The number of ether oxygens (including phenoxy) is 1. The lowest BCUT2D eigenvalue weighted by Gasteiger charge is -2.33. The second-order valence-electron chi connectivity index (χ2n) is 5.18. The van der Waals surface area contributed by atoms with Crippen LogP contribution in [0, 0.1) is 5.92 Å². The van der Waals surface area contributed by atoms with Crippen LogP contribution >= 0.6 is 15.9 Å². The number of nitrogens with two attached hydrogens (primary N) is 1. The van der Waals surface area contributed by atoms with E-state index in [1.54, 1.807) is 7.11 Å². The summed E-state index contributed by atoms with van der Waals surface area (Å²) in [7, 11) is 1.59. The number of benzene rings is 1. The number of likely N-dealkylation sites (tertiary alicyclic amines) is 1. The molecule has 20 heavy (non-hydrogen) atoms. The first-order valence-electron chi connectivity index (χ1n) is 6.98. The largest absolute Gasteiger partial charge is 0.496 e. The van der Waals surface area contributed by atoms with Gasteiger partial charge in [0.2, 0.25) is 0 Å². The summed E-state index contributed by atoms with van der Waals surface area (Å²) in [6, 6.07) is 5.52. The maximum atomic E-state index is 12.6. The van der Waals surface area contributed by atoms with E-state index in [4.69, 9.17) is 10.5 Å². The molecule has 2 N–H and O–H groups in total. The number of amides is 1. The van der Waals surface area contributed by atoms with Crippen LogP contribution in [-0.2, 0) is 0 Å². The Morgan fingerprint density at radius 1 is 1.55 bits per heavy atom. The number of halogens is 1. The zero-order chi connectivity index (χ0) is 14.5. The van der Waals surface area contributed by atoms with Crippen LogP contribution in [0.2, 0.25) is 0 Å². The molecule has 4 nitrogen and oxygen atoms in total. The maximum Gasteiger partial charge on any atom is 0.257 e. The molecule has 0 radical (unpaired) electrons. The third-order valence-corrected chi connectivity index (χ3v) is 4.27. The SMILES string of the molecule is COc1cc(Br)ccc1C(=O)N1CCCC(CCN)C1. The Balaban J connectivity index is 2.14. The lowest BCUT2D eigenvalue weighted by Crippen LogP contribution is -2.40. The van der Waals surface area contributed by atoms with Gasteiger partial charge < -0.3 is 15.4 Å². The predicted molar refractivity (Wildman–Crippen MR) is 83.0 cm³/mol. The predicted octanol–water partition coefficient (Wildman–Crippen LogP) is 2.66. The van der Waals surface area contributed by atoms with Crippen LogP contribution in [0.4, 0.5) is 0 Å². The first kappa shape index (κ1) is 15.3. The van der Waals surface area contributed by atoms with Gasteiger partial charge in [-0.3, -0.25) is 4.79 Å².